The Kier molecular flexibility index (Phi) is 2.50. The van der Waals surface area contributed by atoms with Crippen molar-refractivity contribution < 1.29 is 18.7 Å². The van der Waals surface area contributed by atoms with Crippen molar-refractivity contribution in [3.63, 3.8) is 0 Å². The molecule has 0 spiro atoms. The molecule has 0 fully saturated rings. The van der Waals surface area contributed by atoms with Crippen molar-refractivity contribution in [3.05, 3.63) is 27.7 Å². The average Bonchev–Trinajstić information content (AvgIpc) is 2.08. The number of nitrogens with two attached hydrogens (primary N) is 1. The number of carbonyl (C=O) groups is 1. The first-order valence-electron chi connectivity index (χ1n) is 3.47. The van der Waals surface area contributed by atoms with E-state index in [9.17, 15) is 18.4 Å². The van der Waals surface area contributed by atoms with Crippen LogP contribution in [0.1, 0.15) is 22.5 Å². The number of nitrogen functional groups attached to an aromatic ring is 1. The molecule has 1 aromatic heterocycles. The average molecular weight is 204 g/mol. The standard InChI is InChI=1S/C7H6F2N2O3/c8-6(9)4-3(7(13)14)5(12)2(10)1-11-4/h1,6H,10H2,(H,11,12)(H,13,14). The van der Waals surface area contributed by atoms with Gasteiger partial charge < -0.3 is 15.8 Å². The number of H-pyrrole nitrogens is 1. The molecule has 1 aromatic rings. The monoisotopic (exact) mass is 204 g/mol. The lowest BCUT2D eigenvalue weighted by molar-refractivity contribution is 0.0680. The molecule has 1 rings (SSSR count). The number of hydrogen-bond donors (Lipinski definition) is 3. The number of hydrogen-bond acceptors (Lipinski definition) is 3. The number of aromatic amines is 1. The van der Waals surface area contributed by atoms with Crippen LogP contribution in [0.5, 0.6) is 0 Å². The molecule has 0 bridgehead atoms. The van der Waals surface area contributed by atoms with E-state index in [2.05, 4.69) is 0 Å². The van der Waals surface area contributed by atoms with Gasteiger partial charge in [-0.3, -0.25) is 4.79 Å². The molecule has 14 heavy (non-hydrogen) atoms. The molecule has 0 unspecified atom stereocenters. The lowest BCUT2D eigenvalue weighted by atomic mass is 10.2. The summed E-state index contributed by atoms with van der Waals surface area (Å²) in [4.78, 5) is 23.5. The number of carboxylic acids is 1. The lowest BCUT2D eigenvalue weighted by Crippen LogP contribution is -2.22. The van der Waals surface area contributed by atoms with E-state index in [4.69, 9.17) is 10.8 Å². The van der Waals surface area contributed by atoms with E-state index >= 15 is 0 Å². The molecule has 0 saturated carbocycles. The largest absolute Gasteiger partial charge is 0.477 e. The summed E-state index contributed by atoms with van der Waals surface area (Å²) in [6.45, 7) is 0. The first-order valence-corrected chi connectivity index (χ1v) is 3.47. The second kappa shape index (κ2) is 3.44. The van der Waals surface area contributed by atoms with E-state index in [-0.39, 0.29) is 0 Å². The number of alkyl halides is 2. The van der Waals surface area contributed by atoms with Gasteiger partial charge in [-0.1, -0.05) is 0 Å². The number of anilines is 1. The fourth-order valence-corrected chi connectivity index (χ4v) is 0.944. The summed E-state index contributed by atoms with van der Waals surface area (Å²) >= 11 is 0. The molecule has 4 N–H and O–H groups in total. The Balaban J connectivity index is 3.54. The Morgan fingerprint density at radius 3 is 2.57 bits per heavy atom. The van der Waals surface area contributed by atoms with Crippen molar-refractivity contribution in [1.29, 1.82) is 0 Å². The summed E-state index contributed by atoms with van der Waals surface area (Å²) in [6, 6.07) is 0. The molecule has 0 radical (unpaired) electrons. The SMILES string of the molecule is Nc1c[nH]c(C(F)F)c(C(=O)O)c1=O. The third-order valence-electron chi connectivity index (χ3n) is 1.57. The van der Waals surface area contributed by atoms with Crippen LogP contribution in [0.4, 0.5) is 14.5 Å². The van der Waals surface area contributed by atoms with Crippen molar-refractivity contribution in [1.82, 2.24) is 4.98 Å². The molecule has 1 heterocycles. The number of carboxylic acid groups (broad SMARTS) is 1. The van der Waals surface area contributed by atoms with Gasteiger partial charge in [-0.05, 0) is 0 Å². The van der Waals surface area contributed by atoms with E-state index in [0.717, 1.165) is 6.20 Å². The maximum Gasteiger partial charge on any atom is 0.341 e. The normalized spacial score (nSPS) is 10.5. The Morgan fingerprint density at radius 2 is 2.14 bits per heavy atom. The molecule has 0 aliphatic carbocycles. The fourth-order valence-electron chi connectivity index (χ4n) is 0.944. The van der Waals surface area contributed by atoms with Crippen LogP contribution in [0, 0.1) is 0 Å². The van der Waals surface area contributed by atoms with E-state index in [1.54, 1.807) is 0 Å². The van der Waals surface area contributed by atoms with Crippen molar-refractivity contribution in [2.24, 2.45) is 0 Å². The highest BCUT2D eigenvalue weighted by atomic mass is 19.3. The minimum absolute atomic E-state index is 0.410. The summed E-state index contributed by atoms with van der Waals surface area (Å²) in [5.41, 5.74) is 1.61. The Hall–Kier alpha value is -1.92. The highest BCUT2D eigenvalue weighted by molar-refractivity contribution is 5.89. The van der Waals surface area contributed by atoms with Gasteiger partial charge in [0.2, 0.25) is 5.43 Å². The minimum Gasteiger partial charge on any atom is -0.477 e. The van der Waals surface area contributed by atoms with Crippen LogP contribution in [0.2, 0.25) is 0 Å². The first-order chi connectivity index (χ1) is 6.45. The molecule has 0 amide bonds. The minimum atomic E-state index is -3.06. The highest BCUT2D eigenvalue weighted by Crippen LogP contribution is 2.18. The van der Waals surface area contributed by atoms with Crippen molar-refractivity contribution in [2.75, 3.05) is 5.73 Å². The zero-order chi connectivity index (χ0) is 10.9. The predicted octanol–water partition coefficient (Wildman–Crippen LogP) is 0.593. The second-order valence-electron chi connectivity index (χ2n) is 2.47. The van der Waals surface area contributed by atoms with E-state index < -0.39 is 34.8 Å². The Bertz CT molecular complexity index is 427. The molecule has 7 heteroatoms. The van der Waals surface area contributed by atoms with Gasteiger partial charge >= 0.3 is 5.97 Å². The number of halogens is 2. The molecule has 0 atom stereocenters. The number of aromatic carboxylic acids is 1. The first kappa shape index (κ1) is 10.2. The Labute approximate surface area is 76.2 Å². The van der Waals surface area contributed by atoms with Gasteiger partial charge in [-0.2, -0.15) is 0 Å². The van der Waals surface area contributed by atoms with Crippen LogP contribution in [-0.2, 0) is 0 Å². The van der Waals surface area contributed by atoms with Crippen LogP contribution >= 0.6 is 0 Å². The predicted molar refractivity (Wildman–Crippen MR) is 43.4 cm³/mol. The maximum absolute atomic E-state index is 12.2. The van der Waals surface area contributed by atoms with Gasteiger partial charge in [0.1, 0.15) is 11.3 Å². The summed E-state index contributed by atoms with van der Waals surface area (Å²) in [5, 5.41) is 8.51. The number of nitrogens with one attached hydrogen (secondary N) is 1. The zero-order valence-corrected chi connectivity index (χ0v) is 6.75. The van der Waals surface area contributed by atoms with Gasteiger partial charge in [0.15, 0.2) is 0 Å². The topological polar surface area (TPSA) is 96.2 Å². The lowest BCUT2D eigenvalue weighted by Gasteiger charge is -2.04. The van der Waals surface area contributed by atoms with Crippen LogP contribution in [-0.4, -0.2) is 16.1 Å². The molecule has 0 aliphatic rings. The van der Waals surface area contributed by atoms with E-state index in [0.29, 0.717) is 0 Å². The quantitative estimate of drug-likeness (QED) is 0.656. The van der Waals surface area contributed by atoms with Gasteiger partial charge in [-0.15, -0.1) is 0 Å². The molecule has 5 nitrogen and oxygen atoms in total. The number of aromatic nitrogens is 1. The van der Waals surface area contributed by atoms with Crippen molar-refractivity contribution in [2.45, 2.75) is 6.43 Å². The van der Waals surface area contributed by atoms with Gasteiger partial charge in [-0.25, -0.2) is 13.6 Å². The van der Waals surface area contributed by atoms with Gasteiger partial charge in [0.05, 0.1) is 5.69 Å². The van der Waals surface area contributed by atoms with E-state index in [1.165, 1.54) is 0 Å². The third kappa shape index (κ3) is 1.56. The zero-order valence-electron chi connectivity index (χ0n) is 6.75. The van der Waals surface area contributed by atoms with Gasteiger partial charge in [0.25, 0.3) is 6.43 Å². The summed E-state index contributed by atoms with van der Waals surface area (Å²) in [5.74, 6) is -1.73. The highest BCUT2D eigenvalue weighted by Gasteiger charge is 2.22. The van der Waals surface area contributed by atoms with Crippen molar-refractivity contribution in [3.8, 4) is 0 Å². The summed E-state index contributed by atoms with van der Waals surface area (Å²) < 4.78 is 24.5. The second-order valence-corrected chi connectivity index (χ2v) is 2.47. The molecule has 0 saturated heterocycles. The number of rotatable bonds is 2. The smallest absolute Gasteiger partial charge is 0.341 e. The van der Waals surface area contributed by atoms with Crippen LogP contribution in [0.3, 0.4) is 0 Å². The summed E-state index contributed by atoms with van der Waals surface area (Å²) in [7, 11) is 0. The van der Waals surface area contributed by atoms with Crippen LogP contribution in [0.15, 0.2) is 11.0 Å². The van der Waals surface area contributed by atoms with Crippen LogP contribution < -0.4 is 11.2 Å². The van der Waals surface area contributed by atoms with Crippen LogP contribution in [0.25, 0.3) is 0 Å². The molecule has 0 aromatic carbocycles. The number of pyridine rings is 1. The fraction of sp³-hybridized carbons (Fsp3) is 0.143. The summed E-state index contributed by atoms with van der Waals surface area (Å²) in [6.07, 6.45) is -2.22. The Morgan fingerprint density at radius 1 is 1.57 bits per heavy atom. The molecule has 76 valence electrons. The van der Waals surface area contributed by atoms with Crippen molar-refractivity contribution >= 4 is 11.7 Å². The van der Waals surface area contributed by atoms with Gasteiger partial charge in [0, 0.05) is 6.20 Å². The molecular weight excluding hydrogens is 198 g/mol. The third-order valence-corrected chi connectivity index (χ3v) is 1.57. The van der Waals surface area contributed by atoms with E-state index in [1.807, 2.05) is 4.98 Å². The maximum atomic E-state index is 12.2. The molecular formula is C7H6F2N2O3. The molecule has 0 aliphatic heterocycles.